The predicted molar refractivity (Wildman–Crippen MR) is 133 cm³/mol. The molecule has 0 spiro atoms. The molecule has 3 heterocycles. The van der Waals surface area contributed by atoms with Crippen LogP contribution < -0.4 is 10.6 Å². The van der Waals surface area contributed by atoms with Gasteiger partial charge in [-0.15, -0.1) is 22.7 Å². The van der Waals surface area contributed by atoms with Crippen molar-refractivity contribution in [3.8, 4) is 0 Å². The molecule has 0 aliphatic carbocycles. The molecule has 7 nitrogen and oxygen atoms in total. The van der Waals surface area contributed by atoms with Gasteiger partial charge in [0, 0.05) is 11.4 Å². The molecule has 0 atom stereocenters. The van der Waals surface area contributed by atoms with E-state index in [1.165, 1.54) is 28.2 Å². The number of carbonyl (C=O) groups excluding carboxylic acids is 2. The van der Waals surface area contributed by atoms with E-state index in [9.17, 15) is 9.59 Å². The quantitative estimate of drug-likeness (QED) is 0.382. The smallest absolute Gasteiger partial charge is 0.267 e. The van der Waals surface area contributed by atoms with Gasteiger partial charge in [-0.1, -0.05) is 51.1 Å². The van der Waals surface area contributed by atoms with Gasteiger partial charge < -0.3 is 5.32 Å². The normalized spacial score (nSPS) is 11.4. The maximum atomic E-state index is 12.6. The zero-order valence-corrected chi connectivity index (χ0v) is 20.3. The Morgan fingerprint density at radius 1 is 1.03 bits per heavy atom. The first-order valence-corrected chi connectivity index (χ1v) is 12.2. The monoisotopic (exact) mass is 479 g/mol. The summed E-state index contributed by atoms with van der Waals surface area (Å²) in [4.78, 5) is 29.7. The van der Waals surface area contributed by atoms with Gasteiger partial charge in [0.25, 0.3) is 5.91 Å². The molecule has 170 valence electrons. The van der Waals surface area contributed by atoms with Crippen LogP contribution in [0.25, 0.3) is 0 Å². The van der Waals surface area contributed by atoms with E-state index in [0.29, 0.717) is 28.1 Å². The summed E-state index contributed by atoms with van der Waals surface area (Å²) in [7, 11) is 0. The van der Waals surface area contributed by atoms with Crippen molar-refractivity contribution in [1.29, 1.82) is 0 Å². The van der Waals surface area contributed by atoms with Crippen LogP contribution in [-0.2, 0) is 23.2 Å². The molecule has 0 saturated carbocycles. The number of thiazole rings is 1. The van der Waals surface area contributed by atoms with Crippen LogP contribution in [0.5, 0.6) is 0 Å². The molecule has 0 fully saturated rings. The summed E-state index contributed by atoms with van der Waals surface area (Å²) in [5, 5.41) is 14.1. The second-order valence-electron chi connectivity index (χ2n) is 8.62. The molecule has 9 heteroatoms. The molecule has 4 rings (SSSR count). The average Bonchev–Trinajstić information content (AvgIpc) is 3.51. The number of rotatable bonds is 7. The van der Waals surface area contributed by atoms with Gasteiger partial charge in [0.15, 0.2) is 5.13 Å². The standard InChI is InChI=1S/C24H25N5O2S2/c1-24(2,3)17-8-6-16(7-9-17)14-29-20(10-11-25-29)27-21(30)13-18-15-33-23(26-18)28-22(31)19-5-4-12-32-19/h4-12,15H,13-14H2,1-3H3,(H,27,30)(H,26,28,31). The van der Waals surface area contributed by atoms with Crippen LogP contribution >= 0.6 is 22.7 Å². The number of hydrogen-bond donors (Lipinski definition) is 2. The number of benzene rings is 1. The molecule has 2 amide bonds. The first-order chi connectivity index (χ1) is 15.8. The van der Waals surface area contributed by atoms with Crippen molar-refractivity contribution in [2.24, 2.45) is 0 Å². The zero-order valence-electron chi connectivity index (χ0n) is 18.7. The lowest BCUT2D eigenvalue weighted by Crippen LogP contribution is -2.18. The van der Waals surface area contributed by atoms with Crippen molar-refractivity contribution in [3.05, 3.63) is 81.1 Å². The SMILES string of the molecule is CC(C)(C)c1ccc(Cn2nccc2NC(=O)Cc2csc(NC(=O)c3cccs3)n2)cc1. The molecule has 1 aromatic carbocycles. The van der Waals surface area contributed by atoms with Gasteiger partial charge in [-0.05, 0) is 28.0 Å². The van der Waals surface area contributed by atoms with Crippen LogP contribution in [0, 0.1) is 0 Å². The van der Waals surface area contributed by atoms with E-state index in [2.05, 4.69) is 65.8 Å². The van der Waals surface area contributed by atoms with Crippen molar-refractivity contribution in [3.63, 3.8) is 0 Å². The minimum Gasteiger partial charge on any atom is -0.311 e. The molecular weight excluding hydrogens is 454 g/mol. The topological polar surface area (TPSA) is 88.9 Å². The predicted octanol–water partition coefficient (Wildman–Crippen LogP) is 5.18. The number of nitrogens with one attached hydrogen (secondary N) is 2. The molecule has 0 radical (unpaired) electrons. The molecule has 2 N–H and O–H groups in total. The van der Waals surface area contributed by atoms with Gasteiger partial charge >= 0.3 is 0 Å². The van der Waals surface area contributed by atoms with Crippen LogP contribution in [0.2, 0.25) is 0 Å². The van der Waals surface area contributed by atoms with Crippen molar-refractivity contribution < 1.29 is 9.59 Å². The number of anilines is 2. The maximum Gasteiger partial charge on any atom is 0.267 e. The minimum atomic E-state index is -0.199. The highest BCUT2D eigenvalue weighted by molar-refractivity contribution is 7.14. The second kappa shape index (κ2) is 9.68. The van der Waals surface area contributed by atoms with Crippen LogP contribution in [-0.4, -0.2) is 26.6 Å². The van der Waals surface area contributed by atoms with E-state index in [4.69, 9.17) is 0 Å². The summed E-state index contributed by atoms with van der Waals surface area (Å²) in [5.74, 6) is 0.234. The fourth-order valence-electron chi connectivity index (χ4n) is 3.21. The number of carbonyl (C=O) groups is 2. The third-order valence-corrected chi connectivity index (χ3v) is 6.67. The largest absolute Gasteiger partial charge is 0.311 e. The molecule has 4 aromatic rings. The van der Waals surface area contributed by atoms with Gasteiger partial charge in [0.2, 0.25) is 5.91 Å². The summed E-state index contributed by atoms with van der Waals surface area (Å²) < 4.78 is 1.76. The Labute approximate surface area is 200 Å². The third kappa shape index (κ3) is 5.94. The Morgan fingerprint density at radius 3 is 2.52 bits per heavy atom. The van der Waals surface area contributed by atoms with Gasteiger partial charge in [-0.25, -0.2) is 9.67 Å². The van der Waals surface area contributed by atoms with E-state index in [0.717, 1.165) is 5.56 Å². The fourth-order valence-corrected chi connectivity index (χ4v) is 4.54. The summed E-state index contributed by atoms with van der Waals surface area (Å²) in [5.41, 5.74) is 3.08. The summed E-state index contributed by atoms with van der Waals surface area (Å²) in [6, 6.07) is 13.8. The first kappa shape index (κ1) is 22.9. The van der Waals surface area contributed by atoms with Crippen LogP contribution in [0.15, 0.2) is 59.4 Å². The van der Waals surface area contributed by atoms with E-state index in [1.807, 2.05) is 11.4 Å². The number of amides is 2. The average molecular weight is 480 g/mol. The Balaban J connectivity index is 1.34. The molecule has 0 bridgehead atoms. The molecule has 0 aliphatic rings. The molecule has 0 aliphatic heterocycles. The van der Waals surface area contributed by atoms with Crippen LogP contribution in [0.3, 0.4) is 0 Å². The van der Waals surface area contributed by atoms with Gasteiger partial charge in [-0.3, -0.25) is 14.9 Å². The lowest BCUT2D eigenvalue weighted by Gasteiger charge is -2.19. The fraction of sp³-hybridized carbons (Fsp3) is 0.250. The van der Waals surface area contributed by atoms with Gasteiger partial charge in [0.05, 0.1) is 29.7 Å². The summed E-state index contributed by atoms with van der Waals surface area (Å²) >= 11 is 2.66. The highest BCUT2D eigenvalue weighted by Gasteiger charge is 2.15. The van der Waals surface area contributed by atoms with E-state index in [1.54, 1.807) is 28.4 Å². The zero-order chi connectivity index (χ0) is 23.4. The second-order valence-corrected chi connectivity index (χ2v) is 10.4. The summed E-state index contributed by atoms with van der Waals surface area (Å²) in [6.45, 7) is 7.12. The number of thiophene rings is 1. The minimum absolute atomic E-state index is 0.103. The molecule has 3 aromatic heterocycles. The van der Waals surface area contributed by atoms with Crippen LogP contribution in [0.1, 0.15) is 47.3 Å². The van der Waals surface area contributed by atoms with Crippen molar-refractivity contribution in [2.75, 3.05) is 10.6 Å². The number of hydrogen-bond acceptors (Lipinski definition) is 6. The summed E-state index contributed by atoms with van der Waals surface area (Å²) in [6.07, 6.45) is 1.77. The number of nitrogens with zero attached hydrogens (tertiary/aromatic N) is 3. The highest BCUT2D eigenvalue weighted by atomic mass is 32.1. The van der Waals surface area contributed by atoms with Crippen molar-refractivity contribution >= 4 is 45.4 Å². The Kier molecular flexibility index (Phi) is 6.71. The molecule has 33 heavy (non-hydrogen) atoms. The lowest BCUT2D eigenvalue weighted by atomic mass is 9.87. The van der Waals surface area contributed by atoms with Crippen molar-refractivity contribution in [2.45, 2.75) is 39.2 Å². The lowest BCUT2D eigenvalue weighted by molar-refractivity contribution is -0.115. The van der Waals surface area contributed by atoms with Gasteiger partial charge in [0.1, 0.15) is 5.82 Å². The highest BCUT2D eigenvalue weighted by Crippen LogP contribution is 2.23. The first-order valence-electron chi connectivity index (χ1n) is 10.5. The van der Waals surface area contributed by atoms with E-state index in [-0.39, 0.29) is 23.7 Å². The molecular formula is C24H25N5O2S2. The molecule has 0 saturated heterocycles. The van der Waals surface area contributed by atoms with Crippen molar-refractivity contribution in [1.82, 2.24) is 14.8 Å². The Hall–Kier alpha value is -3.30. The Morgan fingerprint density at radius 2 is 1.82 bits per heavy atom. The molecule has 0 unspecified atom stereocenters. The van der Waals surface area contributed by atoms with Crippen LogP contribution in [0.4, 0.5) is 10.9 Å². The number of aromatic nitrogens is 3. The van der Waals surface area contributed by atoms with E-state index < -0.39 is 0 Å². The maximum absolute atomic E-state index is 12.6. The van der Waals surface area contributed by atoms with E-state index >= 15 is 0 Å². The van der Waals surface area contributed by atoms with Gasteiger partial charge in [-0.2, -0.15) is 5.10 Å². The Bertz CT molecular complexity index is 1230. The third-order valence-electron chi connectivity index (χ3n) is 5.00.